The fourth-order valence-electron chi connectivity index (χ4n) is 1.87. The molecule has 0 atom stereocenters. The van der Waals surface area contributed by atoms with Crippen LogP contribution in [0.5, 0.6) is 5.75 Å². The van der Waals surface area contributed by atoms with Gasteiger partial charge in [0.1, 0.15) is 5.75 Å². The molecular formula is C16H17NO2S. The van der Waals surface area contributed by atoms with E-state index in [1.165, 1.54) is 0 Å². The normalized spacial score (nSPS) is 10.1. The highest BCUT2D eigenvalue weighted by Gasteiger charge is 2.13. The van der Waals surface area contributed by atoms with Gasteiger partial charge in [-0.15, -0.1) is 11.8 Å². The molecule has 104 valence electrons. The summed E-state index contributed by atoms with van der Waals surface area (Å²) in [5, 5.41) is 2.95. The van der Waals surface area contributed by atoms with E-state index in [4.69, 9.17) is 4.74 Å². The highest BCUT2D eigenvalue weighted by molar-refractivity contribution is 7.99. The molecule has 4 heteroatoms. The van der Waals surface area contributed by atoms with E-state index in [1.807, 2.05) is 36.4 Å². The number of benzene rings is 2. The molecule has 0 unspecified atom stereocenters. The Kier molecular flexibility index (Phi) is 5.07. The number of carbonyl (C=O) groups is 1. The molecule has 2 aromatic rings. The van der Waals surface area contributed by atoms with E-state index in [9.17, 15) is 4.79 Å². The van der Waals surface area contributed by atoms with Crippen molar-refractivity contribution in [2.24, 2.45) is 0 Å². The molecule has 2 rings (SSSR count). The Morgan fingerprint density at radius 1 is 1.15 bits per heavy atom. The first-order valence-electron chi connectivity index (χ1n) is 6.42. The van der Waals surface area contributed by atoms with Gasteiger partial charge in [-0.1, -0.05) is 31.2 Å². The maximum atomic E-state index is 12.3. The van der Waals surface area contributed by atoms with Crippen LogP contribution >= 0.6 is 11.8 Å². The number of thioether (sulfide) groups is 1. The average molecular weight is 287 g/mol. The van der Waals surface area contributed by atoms with E-state index in [-0.39, 0.29) is 5.91 Å². The molecule has 0 bridgehead atoms. The number of ether oxygens (including phenoxy) is 1. The van der Waals surface area contributed by atoms with Crippen LogP contribution in [0.1, 0.15) is 17.3 Å². The van der Waals surface area contributed by atoms with Gasteiger partial charge in [0.05, 0.1) is 18.4 Å². The van der Waals surface area contributed by atoms with Crippen LogP contribution in [0.15, 0.2) is 53.4 Å². The number of nitrogens with one attached hydrogen (secondary N) is 1. The van der Waals surface area contributed by atoms with Gasteiger partial charge in [-0.25, -0.2) is 0 Å². The van der Waals surface area contributed by atoms with Gasteiger partial charge in [-0.3, -0.25) is 4.79 Å². The maximum absolute atomic E-state index is 12.3. The zero-order valence-corrected chi connectivity index (χ0v) is 12.4. The zero-order valence-electron chi connectivity index (χ0n) is 11.6. The second-order valence-electron chi connectivity index (χ2n) is 4.08. The minimum Gasteiger partial charge on any atom is -0.496 e. The van der Waals surface area contributed by atoms with Crippen molar-refractivity contribution in [2.45, 2.75) is 11.8 Å². The van der Waals surface area contributed by atoms with Crippen LogP contribution in [0.4, 0.5) is 5.69 Å². The highest BCUT2D eigenvalue weighted by atomic mass is 32.2. The Hall–Kier alpha value is -1.94. The number of rotatable bonds is 5. The fraction of sp³-hybridized carbons (Fsp3) is 0.188. The number of hydrogen-bond donors (Lipinski definition) is 1. The molecule has 0 heterocycles. The predicted octanol–water partition coefficient (Wildman–Crippen LogP) is 4.06. The Balaban J connectivity index is 2.24. The summed E-state index contributed by atoms with van der Waals surface area (Å²) in [4.78, 5) is 13.4. The second kappa shape index (κ2) is 7.01. The molecular weight excluding hydrogens is 270 g/mol. The van der Waals surface area contributed by atoms with Crippen molar-refractivity contribution in [1.29, 1.82) is 0 Å². The van der Waals surface area contributed by atoms with Gasteiger partial charge in [0.25, 0.3) is 5.91 Å². The number of methoxy groups -OCH3 is 1. The number of amides is 1. The van der Waals surface area contributed by atoms with Gasteiger partial charge in [0.2, 0.25) is 0 Å². The monoisotopic (exact) mass is 287 g/mol. The summed E-state index contributed by atoms with van der Waals surface area (Å²) in [7, 11) is 1.56. The Labute approximate surface area is 123 Å². The van der Waals surface area contributed by atoms with E-state index in [0.29, 0.717) is 11.3 Å². The summed E-state index contributed by atoms with van der Waals surface area (Å²) >= 11 is 1.70. The molecule has 1 N–H and O–H groups in total. The van der Waals surface area contributed by atoms with E-state index in [1.54, 1.807) is 31.0 Å². The van der Waals surface area contributed by atoms with E-state index in [0.717, 1.165) is 16.3 Å². The zero-order chi connectivity index (χ0) is 14.4. The molecule has 0 aromatic heterocycles. The number of hydrogen-bond acceptors (Lipinski definition) is 3. The lowest BCUT2D eigenvalue weighted by molar-refractivity contribution is 0.102. The quantitative estimate of drug-likeness (QED) is 0.843. The van der Waals surface area contributed by atoms with Crippen LogP contribution in [-0.4, -0.2) is 18.8 Å². The van der Waals surface area contributed by atoms with Crippen LogP contribution in [0.2, 0.25) is 0 Å². The first-order chi connectivity index (χ1) is 9.76. The molecule has 0 saturated carbocycles. The van der Waals surface area contributed by atoms with Crippen molar-refractivity contribution in [3.05, 3.63) is 54.1 Å². The summed E-state index contributed by atoms with van der Waals surface area (Å²) in [5.74, 6) is 1.37. The molecule has 0 fully saturated rings. The lowest BCUT2D eigenvalue weighted by atomic mass is 10.2. The van der Waals surface area contributed by atoms with Gasteiger partial charge < -0.3 is 10.1 Å². The summed E-state index contributed by atoms with van der Waals surface area (Å²) in [6.45, 7) is 2.09. The third-order valence-electron chi connectivity index (χ3n) is 2.79. The molecule has 0 aliphatic rings. The second-order valence-corrected chi connectivity index (χ2v) is 5.39. The molecule has 0 aliphatic carbocycles. The van der Waals surface area contributed by atoms with Crippen molar-refractivity contribution < 1.29 is 9.53 Å². The molecule has 0 saturated heterocycles. The first kappa shape index (κ1) is 14.5. The van der Waals surface area contributed by atoms with Crippen molar-refractivity contribution in [1.82, 2.24) is 0 Å². The van der Waals surface area contributed by atoms with Crippen LogP contribution in [0, 0.1) is 0 Å². The lowest BCUT2D eigenvalue weighted by Crippen LogP contribution is -2.13. The third kappa shape index (κ3) is 3.33. The fourth-order valence-corrected chi connectivity index (χ4v) is 2.63. The van der Waals surface area contributed by atoms with Crippen molar-refractivity contribution in [2.75, 3.05) is 18.2 Å². The highest BCUT2D eigenvalue weighted by Crippen LogP contribution is 2.28. The largest absolute Gasteiger partial charge is 0.496 e. The van der Waals surface area contributed by atoms with Crippen molar-refractivity contribution in [3.8, 4) is 5.75 Å². The lowest BCUT2D eigenvalue weighted by Gasteiger charge is -2.11. The molecule has 1 amide bonds. The van der Waals surface area contributed by atoms with Crippen molar-refractivity contribution in [3.63, 3.8) is 0 Å². The summed E-state index contributed by atoms with van der Waals surface area (Å²) < 4.78 is 5.22. The number of para-hydroxylation sites is 2. The minimum atomic E-state index is -0.161. The smallest absolute Gasteiger partial charge is 0.259 e. The van der Waals surface area contributed by atoms with Crippen LogP contribution in [0.25, 0.3) is 0 Å². The Bertz CT molecular complexity index is 599. The van der Waals surface area contributed by atoms with Crippen LogP contribution in [-0.2, 0) is 0 Å². The topological polar surface area (TPSA) is 38.3 Å². The SMILES string of the molecule is CCSc1ccccc1NC(=O)c1ccccc1OC. The van der Waals surface area contributed by atoms with Gasteiger partial charge in [-0.05, 0) is 30.0 Å². The van der Waals surface area contributed by atoms with Gasteiger partial charge in [-0.2, -0.15) is 0 Å². The molecule has 20 heavy (non-hydrogen) atoms. The van der Waals surface area contributed by atoms with E-state index >= 15 is 0 Å². The predicted molar refractivity (Wildman–Crippen MR) is 83.8 cm³/mol. The molecule has 0 spiro atoms. The first-order valence-corrected chi connectivity index (χ1v) is 7.41. The van der Waals surface area contributed by atoms with Crippen LogP contribution in [0.3, 0.4) is 0 Å². The minimum absolute atomic E-state index is 0.161. The molecule has 3 nitrogen and oxygen atoms in total. The summed E-state index contributed by atoms with van der Waals surface area (Å²) in [6, 6.07) is 15.0. The standard InChI is InChI=1S/C16H17NO2S/c1-3-20-15-11-7-5-9-13(15)17-16(18)12-8-4-6-10-14(12)19-2/h4-11H,3H2,1-2H3,(H,17,18). The average Bonchev–Trinajstić information content (AvgIpc) is 2.49. The summed E-state index contributed by atoms with van der Waals surface area (Å²) in [6.07, 6.45) is 0. The maximum Gasteiger partial charge on any atom is 0.259 e. The Morgan fingerprint density at radius 3 is 2.60 bits per heavy atom. The Morgan fingerprint density at radius 2 is 1.85 bits per heavy atom. The van der Waals surface area contributed by atoms with E-state index < -0.39 is 0 Å². The van der Waals surface area contributed by atoms with Crippen molar-refractivity contribution >= 4 is 23.4 Å². The number of carbonyl (C=O) groups excluding carboxylic acids is 1. The number of anilines is 1. The van der Waals surface area contributed by atoms with Crippen LogP contribution < -0.4 is 10.1 Å². The van der Waals surface area contributed by atoms with Gasteiger partial charge >= 0.3 is 0 Å². The van der Waals surface area contributed by atoms with Gasteiger partial charge in [0, 0.05) is 4.90 Å². The van der Waals surface area contributed by atoms with E-state index in [2.05, 4.69) is 12.2 Å². The molecule has 0 radical (unpaired) electrons. The summed E-state index contributed by atoms with van der Waals surface area (Å²) in [5.41, 5.74) is 1.36. The molecule has 0 aliphatic heterocycles. The van der Waals surface area contributed by atoms with Gasteiger partial charge in [0.15, 0.2) is 0 Å². The molecule has 2 aromatic carbocycles. The third-order valence-corrected chi connectivity index (χ3v) is 3.74.